The summed E-state index contributed by atoms with van der Waals surface area (Å²) in [7, 11) is 0. The summed E-state index contributed by atoms with van der Waals surface area (Å²) in [5.74, 6) is 0. The molecule has 0 unspecified atom stereocenters. The summed E-state index contributed by atoms with van der Waals surface area (Å²) in [4.78, 5) is 11.7. The first-order valence-corrected chi connectivity index (χ1v) is 5.85. The lowest BCUT2D eigenvalue weighted by Crippen LogP contribution is -2.19. The number of rotatable bonds is 2. The molecule has 3 heteroatoms. The Balaban J connectivity index is 1.96. The standard InChI is InChI=1S/C15H16N2O/c1-11-3-7-13(8-4-11)16-15(18)17-14-9-5-12(2)6-10-14/h3-10H,1-2H3,(H2,16,17,18). The minimum absolute atomic E-state index is 0.234. The smallest absolute Gasteiger partial charge is 0.308 e. The lowest BCUT2D eigenvalue weighted by atomic mass is 10.2. The fourth-order valence-electron chi connectivity index (χ4n) is 1.57. The highest BCUT2D eigenvalue weighted by Crippen LogP contribution is 2.11. The van der Waals surface area contributed by atoms with Gasteiger partial charge in [0.05, 0.1) is 0 Å². The maximum Gasteiger partial charge on any atom is 0.323 e. The van der Waals surface area contributed by atoms with Crippen molar-refractivity contribution >= 4 is 17.4 Å². The van der Waals surface area contributed by atoms with Crippen LogP contribution in [0.5, 0.6) is 0 Å². The largest absolute Gasteiger partial charge is 0.323 e. The van der Waals surface area contributed by atoms with Crippen molar-refractivity contribution in [2.75, 3.05) is 10.6 Å². The maximum absolute atomic E-state index is 11.7. The Morgan fingerprint density at radius 1 is 0.722 bits per heavy atom. The SMILES string of the molecule is Cc1ccc(NC(=O)Nc2ccc(C)cc2)cc1. The van der Waals surface area contributed by atoms with E-state index in [2.05, 4.69) is 10.6 Å². The number of nitrogens with one attached hydrogen (secondary N) is 2. The van der Waals surface area contributed by atoms with Crippen molar-refractivity contribution in [3.05, 3.63) is 59.7 Å². The fourth-order valence-corrected chi connectivity index (χ4v) is 1.57. The number of carbonyl (C=O) groups excluding carboxylic acids is 1. The van der Waals surface area contributed by atoms with E-state index in [1.165, 1.54) is 11.1 Å². The maximum atomic E-state index is 11.7. The second kappa shape index (κ2) is 5.36. The zero-order valence-corrected chi connectivity index (χ0v) is 10.5. The van der Waals surface area contributed by atoms with Crippen molar-refractivity contribution in [2.45, 2.75) is 13.8 Å². The van der Waals surface area contributed by atoms with Gasteiger partial charge in [0, 0.05) is 11.4 Å². The average Bonchev–Trinajstić information content (AvgIpc) is 2.35. The van der Waals surface area contributed by atoms with Gasteiger partial charge in [0.25, 0.3) is 0 Å². The lowest BCUT2D eigenvalue weighted by molar-refractivity contribution is 0.262. The van der Waals surface area contributed by atoms with Gasteiger partial charge in [-0.1, -0.05) is 35.4 Å². The predicted octanol–water partition coefficient (Wildman–Crippen LogP) is 3.95. The molecule has 2 aromatic carbocycles. The third kappa shape index (κ3) is 3.35. The number of amides is 2. The van der Waals surface area contributed by atoms with E-state index in [9.17, 15) is 4.79 Å². The van der Waals surface area contributed by atoms with Gasteiger partial charge in [0.1, 0.15) is 0 Å². The molecular weight excluding hydrogens is 224 g/mol. The number of hydrogen-bond acceptors (Lipinski definition) is 1. The van der Waals surface area contributed by atoms with E-state index in [1.807, 2.05) is 62.4 Å². The molecule has 0 aliphatic carbocycles. The fraction of sp³-hybridized carbons (Fsp3) is 0.133. The third-order valence-corrected chi connectivity index (χ3v) is 2.62. The van der Waals surface area contributed by atoms with Gasteiger partial charge in [-0.05, 0) is 38.1 Å². The van der Waals surface area contributed by atoms with Crippen LogP contribution >= 0.6 is 0 Å². The summed E-state index contributed by atoms with van der Waals surface area (Å²) in [5.41, 5.74) is 3.90. The van der Waals surface area contributed by atoms with Crippen molar-refractivity contribution in [3.8, 4) is 0 Å². The number of benzene rings is 2. The summed E-state index contributed by atoms with van der Waals surface area (Å²) in [6.07, 6.45) is 0. The Bertz CT molecular complexity index is 480. The van der Waals surface area contributed by atoms with Gasteiger partial charge in [0.2, 0.25) is 0 Å². The summed E-state index contributed by atoms with van der Waals surface area (Å²) in [6.45, 7) is 4.02. The second-order valence-electron chi connectivity index (χ2n) is 4.31. The molecule has 0 bridgehead atoms. The minimum Gasteiger partial charge on any atom is -0.308 e. The Kier molecular flexibility index (Phi) is 3.63. The summed E-state index contributed by atoms with van der Waals surface area (Å²) < 4.78 is 0. The minimum atomic E-state index is -0.234. The van der Waals surface area contributed by atoms with E-state index in [1.54, 1.807) is 0 Å². The van der Waals surface area contributed by atoms with Crippen molar-refractivity contribution < 1.29 is 4.79 Å². The van der Waals surface area contributed by atoms with Crippen LogP contribution in [0.25, 0.3) is 0 Å². The molecule has 0 saturated carbocycles. The van der Waals surface area contributed by atoms with E-state index in [-0.39, 0.29) is 6.03 Å². The van der Waals surface area contributed by atoms with Gasteiger partial charge < -0.3 is 10.6 Å². The van der Waals surface area contributed by atoms with Crippen LogP contribution in [0.15, 0.2) is 48.5 Å². The van der Waals surface area contributed by atoms with Gasteiger partial charge in [0.15, 0.2) is 0 Å². The normalized spacial score (nSPS) is 9.89. The molecule has 0 radical (unpaired) electrons. The average molecular weight is 240 g/mol. The molecule has 0 atom stereocenters. The highest BCUT2D eigenvalue weighted by molar-refractivity contribution is 5.99. The van der Waals surface area contributed by atoms with E-state index in [4.69, 9.17) is 0 Å². The molecule has 0 aliphatic heterocycles. The van der Waals surface area contributed by atoms with Crippen LogP contribution in [-0.2, 0) is 0 Å². The molecule has 0 aromatic heterocycles. The van der Waals surface area contributed by atoms with Gasteiger partial charge in [-0.3, -0.25) is 0 Å². The predicted molar refractivity (Wildman–Crippen MR) is 75.0 cm³/mol. The molecule has 18 heavy (non-hydrogen) atoms. The number of aryl methyl sites for hydroxylation is 2. The van der Waals surface area contributed by atoms with Crippen LogP contribution in [-0.4, -0.2) is 6.03 Å². The van der Waals surface area contributed by atoms with Crippen LogP contribution < -0.4 is 10.6 Å². The molecule has 2 amide bonds. The Labute approximate surface area is 107 Å². The first kappa shape index (κ1) is 12.2. The van der Waals surface area contributed by atoms with Crippen LogP contribution in [0.3, 0.4) is 0 Å². The van der Waals surface area contributed by atoms with Gasteiger partial charge >= 0.3 is 6.03 Å². The molecule has 3 nitrogen and oxygen atoms in total. The van der Waals surface area contributed by atoms with Crippen molar-refractivity contribution in [1.29, 1.82) is 0 Å². The zero-order valence-electron chi connectivity index (χ0n) is 10.5. The van der Waals surface area contributed by atoms with E-state index >= 15 is 0 Å². The number of hydrogen-bond donors (Lipinski definition) is 2. The summed E-state index contributed by atoms with van der Waals surface area (Å²) in [6, 6.07) is 15.1. The van der Waals surface area contributed by atoms with Crippen LogP contribution in [0, 0.1) is 13.8 Å². The Hall–Kier alpha value is -2.29. The highest BCUT2D eigenvalue weighted by Gasteiger charge is 2.01. The van der Waals surface area contributed by atoms with Crippen LogP contribution in [0.2, 0.25) is 0 Å². The van der Waals surface area contributed by atoms with Gasteiger partial charge in [-0.25, -0.2) is 4.79 Å². The second-order valence-corrected chi connectivity index (χ2v) is 4.31. The summed E-state index contributed by atoms with van der Waals surface area (Å²) >= 11 is 0. The molecule has 0 fully saturated rings. The quantitative estimate of drug-likeness (QED) is 0.820. The number of carbonyl (C=O) groups is 1. The van der Waals surface area contributed by atoms with Crippen LogP contribution in [0.1, 0.15) is 11.1 Å². The molecule has 0 saturated heterocycles. The number of anilines is 2. The lowest BCUT2D eigenvalue weighted by Gasteiger charge is -2.08. The number of urea groups is 1. The van der Waals surface area contributed by atoms with E-state index in [0.29, 0.717) is 0 Å². The molecule has 0 aliphatic rings. The Morgan fingerprint density at radius 3 is 1.39 bits per heavy atom. The molecule has 0 spiro atoms. The van der Waals surface area contributed by atoms with Crippen molar-refractivity contribution in [3.63, 3.8) is 0 Å². The first-order valence-electron chi connectivity index (χ1n) is 5.85. The van der Waals surface area contributed by atoms with Crippen LogP contribution in [0.4, 0.5) is 16.2 Å². The monoisotopic (exact) mass is 240 g/mol. The van der Waals surface area contributed by atoms with Crippen molar-refractivity contribution in [2.24, 2.45) is 0 Å². The zero-order chi connectivity index (χ0) is 13.0. The van der Waals surface area contributed by atoms with Gasteiger partial charge in [-0.2, -0.15) is 0 Å². The first-order chi connectivity index (χ1) is 8.63. The van der Waals surface area contributed by atoms with E-state index < -0.39 is 0 Å². The Morgan fingerprint density at radius 2 is 1.06 bits per heavy atom. The molecule has 0 heterocycles. The summed E-state index contributed by atoms with van der Waals surface area (Å²) in [5, 5.41) is 5.56. The third-order valence-electron chi connectivity index (χ3n) is 2.62. The van der Waals surface area contributed by atoms with Gasteiger partial charge in [-0.15, -0.1) is 0 Å². The molecule has 2 rings (SSSR count). The highest BCUT2D eigenvalue weighted by atomic mass is 16.2. The molecule has 2 N–H and O–H groups in total. The topological polar surface area (TPSA) is 41.1 Å². The van der Waals surface area contributed by atoms with E-state index in [0.717, 1.165) is 11.4 Å². The molecule has 2 aromatic rings. The molecule has 92 valence electrons. The molecular formula is C15H16N2O. The van der Waals surface area contributed by atoms with Crippen molar-refractivity contribution in [1.82, 2.24) is 0 Å².